The average molecular weight is 626 g/mol. The van der Waals surface area contributed by atoms with Gasteiger partial charge in [0.25, 0.3) is 0 Å². The number of nitrogens with zero attached hydrogens (tertiary/aromatic N) is 3. The SMILES string of the molecule is C[C@]12C=CCN(Cc3ccccc3)C(=O)[C@H]1[C@H]1C(=O)N([C@@H](CO)Cc3ccccc3)C3C(=O)N(C4CCCCC4)CC=C[C@@]31S2. The molecule has 1 saturated carbocycles. The number of fused-ring (bicyclic) bond motifs is 2. The zero-order valence-corrected chi connectivity index (χ0v) is 26.8. The molecule has 3 amide bonds. The number of thioether (sulfide) groups is 1. The van der Waals surface area contributed by atoms with Crippen LogP contribution in [0.5, 0.6) is 0 Å². The molecule has 1 unspecified atom stereocenters. The third-order valence-electron chi connectivity index (χ3n) is 10.8. The molecule has 1 N–H and O–H groups in total. The molecule has 45 heavy (non-hydrogen) atoms. The molecule has 0 aromatic heterocycles. The summed E-state index contributed by atoms with van der Waals surface area (Å²) in [6.07, 6.45) is 14.1. The molecular weight excluding hydrogens is 582 g/mol. The van der Waals surface area contributed by atoms with Gasteiger partial charge in [-0.2, -0.15) is 0 Å². The van der Waals surface area contributed by atoms with Crippen molar-refractivity contribution in [3.8, 4) is 0 Å². The Morgan fingerprint density at radius 1 is 0.822 bits per heavy atom. The smallest absolute Gasteiger partial charge is 0.247 e. The Morgan fingerprint density at radius 2 is 1.49 bits per heavy atom. The van der Waals surface area contributed by atoms with Gasteiger partial charge in [-0.05, 0) is 37.3 Å². The molecule has 2 saturated heterocycles. The summed E-state index contributed by atoms with van der Waals surface area (Å²) < 4.78 is -1.58. The fraction of sp³-hybridized carbons (Fsp3) is 0.486. The van der Waals surface area contributed by atoms with Gasteiger partial charge in [-0.25, -0.2) is 0 Å². The van der Waals surface area contributed by atoms with Gasteiger partial charge in [0.2, 0.25) is 17.7 Å². The highest BCUT2D eigenvalue weighted by molar-refractivity contribution is 8.02. The Hall–Kier alpha value is -3.36. The van der Waals surface area contributed by atoms with Gasteiger partial charge in [0.15, 0.2) is 0 Å². The molecule has 6 atom stereocenters. The van der Waals surface area contributed by atoms with E-state index >= 15 is 4.79 Å². The molecule has 5 aliphatic rings. The minimum atomic E-state index is -0.920. The van der Waals surface area contributed by atoms with Crippen LogP contribution in [-0.4, -0.2) is 84.8 Å². The Bertz CT molecular complexity index is 1490. The summed E-state index contributed by atoms with van der Waals surface area (Å²) in [7, 11) is 0. The zero-order valence-electron chi connectivity index (χ0n) is 26.0. The van der Waals surface area contributed by atoms with Crippen molar-refractivity contribution in [3.63, 3.8) is 0 Å². The van der Waals surface area contributed by atoms with Crippen molar-refractivity contribution in [3.05, 3.63) is 96.1 Å². The van der Waals surface area contributed by atoms with E-state index in [4.69, 9.17) is 0 Å². The Labute approximate surface area is 270 Å². The minimum Gasteiger partial charge on any atom is -0.394 e. The lowest BCUT2D eigenvalue weighted by Gasteiger charge is -2.42. The second kappa shape index (κ2) is 12.1. The Balaban J connectivity index is 1.31. The monoisotopic (exact) mass is 625 g/mol. The molecule has 1 spiro atoms. The summed E-state index contributed by atoms with van der Waals surface area (Å²) in [4.78, 5) is 50.2. The molecule has 236 valence electrons. The minimum absolute atomic E-state index is 0.0422. The average Bonchev–Trinajstić information content (AvgIpc) is 3.34. The predicted molar refractivity (Wildman–Crippen MR) is 176 cm³/mol. The van der Waals surface area contributed by atoms with Gasteiger partial charge >= 0.3 is 0 Å². The van der Waals surface area contributed by atoms with E-state index in [-0.39, 0.29) is 30.4 Å². The maximum Gasteiger partial charge on any atom is 0.247 e. The van der Waals surface area contributed by atoms with Gasteiger partial charge in [0.1, 0.15) is 6.04 Å². The summed E-state index contributed by atoms with van der Waals surface area (Å²) in [5.41, 5.74) is 2.03. The van der Waals surface area contributed by atoms with Gasteiger partial charge < -0.3 is 19.8 Å². The van der Waals surface area contributed by atoms with Crippen LogP contribution in [0, 0.1) is 11.8 Å². The maximum atomic E-state index is 15.0. The highest BCUT2D eigenvalue weighted by Crippen LogP contribution is 2.66. The second-order valence-corrected chi connectivity index (χ2v) is 15.4. The summed E-state index contributed by atoms with van der Waals surface area (Å²) in [5, 5.41) is 10.8. The van der Waals surface area contributed by atoms with Crippen LogP contribution in [0.4, 0.5) is 0 Å². The molecule has 7 nitrogen and oxygen atoms in total. The molecule has 1 aliphatic carbocycles. The molecule has 4 aliphatic heterocycles. The second-order valence-electron chi connectivity index (χ2n) is 13.6. The molecule has 7 rings (SSSR count). The predicted octanol–water partition coefficient (Wildman–Crippen LogP) is 4.61. The quantitative estimate of drug-likeness (QED) is 0.455. The lowest BCUT2D eigenvalue weighted by Crippen LogP contribution is -2.58. The van der Waals surface area contributed by atoms with E-state index in [0.717, 1.165) is 36.8 Å². The van der Waals surface area contributed by atoms with E-state index in [1.54, 1.807) is 16.7 Å². The zero-order chi connectivity index (χ0) is 31.2. The van der Waals surface area contributed by atoms with Crippen molar-refractivity contribution in [2.75, 3.05) is 19.7 Å². The van der Waals surface area contributed by atoms with E-state index < -0.39 is 33.4 Å². The Kier molecular flexibility index (Phi) is 8.15. The lowest BCUT2D eigenvalue weighted by molar-refractivity contribution is -0.148. The first-order chi connectivity index (χ1) is 21.9. The van der Waals surface area contributed by atoms with Gasteiger partial charge in [0, 0.05) is 30.4 Å². The van der Waals surface area contributed by atoms with Gasteiger partial charge in [-0.15, -0.1) is 11.8 Å². The maximum absolute atomic E-state index is 15.0. The number of aliphatic hydroxyl groups is 1. The normalized spacial score (nSPS) is 32.3. The number of benzene rings is 2. The van der Waals surface area contributed by atoms with Crippen molar-refractivity contribution in [1.29, 1.82) is 0 Å². The summed E-state index contributed by atoms with van der Waals surface area (Å²) in [5.74, 6) is -1.64. The number of aliphatic hydroxyl groups excluding tert-OH is 1. The third-order valence-corrected chi connectivity index (χ3v) is 12.6. The van der Waals surface area contributed by atoms with E-state index in [2.05, 4.69) is 31.2 Å². The van der Waals surface area contributed by atoms with Crippen molar-refractivity contribution in [2.24, 2.45) is 11.8 Å². The Morgan fingerprint density at radius 3 is 2.18 bits per heavy atom. The van der Waals surface area contributed by atoms with Crippen molar-refractivity contribution in [1.82, 2.24) is 14.7 Å². The fourth-order valence-corrected chi connectivity index (χ4v) is 10.9. The number of amides is 3. The van der Waals surface area contributed by atoms with E-state index in [9.17, 15) is 14.7 Å². The van der Waals surface area contributed by atoms with Crippen molar-refractivity contribution >= 4 is 29.5 Å². The van der Waals surface area contributed by atoms with Gasteiger partial charge in [-0.3, -0.25) is 14.4 Å². The van der Waals surface area contributed by atoms with Gasteiger partial charge in [-0.1, -0.05) is 104 Å². The molecular formula is C37H43N3O4S. The van der Waals surface area contributed by atoms with Crippen LogP contribution in [0.25, 0.3) is 0 Å². The summed E-state index contributed by atoms with van der Waals surface area (Å²) in [6, 6.07) is 18.6. The van der Waals surface area contributed by atoms with Crippen LogP contribution in [0.3, 0.4) is 0 Å². The first kappa shape index (κ1) is 30.3. The number of carbonyl (C=O) groups excluding carboxylic acids is 3. The van der Waals surface area contributed by atoms with Crippen LogP contribution < -0.4 is 0 Å². The van der Waals surface area contributed by atoms with Crippen LogP contribution in [-0.2, 0) is 27.3 Å². The number of hydrogen-bond acceptors (Lipinski definition) is 5. The van der Waals surface area contributed by atoms with Crippen LogP contribution >= 0.6 is 11.8 Å². The number of likely N-dealkylation sites (tertiary alicyclic amines) is 1. The molecule has 8 heteroatoms. The first-order valence-electron chi connectivity index (χ1n) is 16.5. The fourth-order valence-electron chi connectivity index (χ4n) is 8.73. The molecule has 2 aromatic carbocycles. The molecule has 4 heterocycles. The van der Waals surface area contributed by atoms with Gasteiger partial charge in [0.05, 0.1) is 29.2 Å². The number of carbonyl (C=O) groups is 3. The summed E-state index contributed by atoms with van der Waals surface area (Å²) >= 11 is 1.62. The van der Waals surface area contributed by atoms with Crippen molar-refractivity contribution < 1.29 is 19.5 Å². The first-order valence-corrected chi connectivity index (χ1v) is 17.3. The number of hydrogen-bond donors (Lipinski definition) is 1. The molecule has 0 radical (unpaired) electrons. The van der Waals surface area contributed by atoms with Crippen molar-refractivity contribution in [2.45, 2.75) is 79.6 Å². The summed E-state index contributed by atoms with van der Waals surface area (Å²) in [6.45, 7) is 3.24. The highest BCUT2D eigenvalue weighted by atomic mass is 32.2. The molecule has 2 aromatic rings. The van der Waals surface area contributed by atoms with E-state index in [1.807, 2.05) is 70.5 Å². The van der Waals surface area contributed by atoms with E-state index in [1.165, 1.54) is 6.42 Å². The van der Waals surface area contributed by atoms with Crippen LogP contribution in [0.1, 0.15) is 50.2 Å². The third kappa shape index (κ3) is 5.14. The highest BCUT2D eigenvalue weighted by Gasteiger charge is 2.74. The largest absolute Gasteiger partial charge is 0.394 e. The molecule has 3 fully saturated rings. The topological polar surface area (TPSA) is 81.2 Å². The molecule has 0 bridgehead atoms. The van der Waals surface area contributed by atoms with Crippen LogP contribution in [0.15, 0.2) is 85.0 Å². The standard InChI is InChI=1S/C37H43N3O4S/c1-36-19-11-21-38(24-27-15-7-3-8-16-27)33(42)30(36)31-34(43)40(29(25-41)23-26-13-5-2-6-14-26)32-35(44)39(28-17-9-4-10-18-28)22-12-20-37(31,32)45-36/h2-3,5-8,11-16,19-20,28-32,41H,4,9-10,17-18,21-25H2,1H3/t29-,30-,31+,32?,36+,37+/m1/s1. The van der Waals surface area contributed by atoms with E-state index in [0.29, 0.717) is 26.1 Å². The van der Waals surface area contributed by atoms with Crippen LogP contribution in [0.2, 0.25) is 0 Å². The number of rotatable bonds is 7. The lowest BCUT2D eigenvalue weighted by atomic mass is 9.74.